The number of rotatable bonds is 6. The number of carbonyl (C=O) groups is 1. The average molecular weight is 366 g/mol. The largest absolute Gasteiger partial charge is 0.466 e. The SMILES string of the molecule is CC(=O)OCCC[C@@]1(O)C[C@@H](CCl)[C@@H](CC(Cl)(Cl)Cl)C1. The highest BCUT2D eigenvalue weighted by molar-refractivity contribution is 6.67. The highest BCUT2D eigenvalue weighted by atomic mass is 35.6. The van der Waals surface area contributed by atoms with Crippen molar-refractivity contribution in [3.05, 3.63) is 0 Å². The van der Waals surface area contributed by atoms with Gasteiger partial charge in [0.2, 0.25) is 0 Å². The molecule has 0 heterocycles. The first-order chi connectivity index (χ1) is 9.15. The van der Waals surface area contributed by atoms with Crippen LogP contribution in [-0.4, -0.2) is 33.0 Å². The van der Waals surface area contributed by atoms with Crippen LogP contribution in [0.25, 0.3) is 0 Å². The lowest BCUT2D eigenvalue weighted by atomic mass is 9.94. The molecule has 3 nitrogen and oxygen atoms in total. The van der Waals surface area contributed by atoms with Crippen molar-refractivity contribution in [2.24, 2.45) is 11.8 Å². The van der Waals surface area contributed by atoms with E-state index in [-0.39, 0.29) is 17.8 Å². The predicted octanol–water partition coefficient (Wildman–Crippen LogP) is 4.09. The molecule has 0 aliphatic heterocycles. The topological polar surface area (TPSA) is 46.5 Å². The Balaban J connectivity index is 2.49. The van der Waals surface area contributed by atoms with E-state index in [1.165, 1.54) is 6.92 Å². The molecule has 1 saturated carbocycles. The van der Waals surface area contributed by atoms with Gasteiger partial charge in [-0.2, -0.15) is 0 Å². The second kappa shape index (κ2) is 7.73. The van der Waals surface area contributed by atoms with Crippen LogP contribution in [0, 0.1) is 11.8 Å². The summed E-state index contributed by atoms with van der Waals surface area (Å²) in [5.41, 5.74) is -0.805. The van der Waals surface area contributed by atoms with Gasteiger partial charge in [0.15, 0.2) is 3.79 Å². The van der Waals surface area contributed by atoms with Crippen LogP contribution >= 0.6 is 46.4 Å². The van der Waals surface area contributed by atoms with E-state index in [4.69, 9.17) is 51.1 Å². The van der Waals surface area contributed by atoms with E-state index in [9.17, 15) is 9.90 Å². The first-order valence-corrected chi connectivity index (χ1v) is 8.30. The zero-order chi connectivity index (χ0) is 15.4. The number of hydrogen-bond acceptors (Lipinski definition) is 3. The molecule has 7 heteroatoms. The van der Waals surface area contributed by atoms with Crippen molar-refractivity contribution < 1.29 is 14.6 Å². The molecule has 0 aromatic heterocycles. The maximum atomic E-state index is 10.7. The molecule has 0 radical (unpaired) electrons. The molecular weight excluding hydrogens is 346 g/mol. The van der Waals surface area contributed by atoms with Crippen molar-refractivity contribution >= 4 is 52.4 Å². The Morgan fingerprint density at radius 2 is 1.95 bits per heavy atom. The van der Waals surface area contributed by atoms with Gasteiger partial charge in [0, 0.05) is 12.8 Å². The maximum Gasteiger partial charge on any atom is 0.302 e. The quantitative estimate of drug-likeness (QED) is 0.438. The summed E-state index contributed by atoms with van der Waals surface area (Å²) < 4.78 is 3.55. The molecule has 0 spiro atoms. The van der Waals surface area contributed by atoms with Crippen LogP contribution in [0.4, 0.5) is 0 Å². The van der Waals surface area contributed by atoms with E-state index in [0.29, 0.717) is 44.6 Å². The van der Waals surface area contributed by atoms with Crippen LogP contribution in [0.2, 0.25) is 0 Å². The summed E-state index contributed by atoms with van der Waals surface area (Å²) in [5, 5.41) is 10.6. The standard InChI is InChI=1S/C13H20Cl4O3/c1-9(18)20-4-2-3-12(19)5-10(7-13(15,16)17)11(6-12)8-14/h10-11,19H,2-8H2,1H3/t10-,11+,12+/m1/s1. The normalized spacial score (nSPS) is 30.5. The summed E-state index contributed by atoms with van der Waals surface area (Å²) in [6.45, 7) is 1.68. The molecule has 1 aliphatic rings. The molecule has 20 heavy (non-hydrogen) atoms. The number of hydrogen-bond donors (Lipinski definition) is 1. The lowest BCUT2D eigenvalue weighted by Crippen LogP contribution is -2.26. The lowest BCUT2D eigenvalue weighted by molar-refractivity contribution is -0.141. The van der Waals surface area contributed by atoms with Crippen LogP contribution < -0.4 is 0 Å². The summed E-state index contributed by atoms with van der Waals surface area (Å²) in [4.78, 5) is 10.7. The van der Waals surface area contributed by atoms with Crippen molar-refractivity contribution in [1.29, 1.82) is 0 Å². The fourth-order valence-corrected chi connectivity index (χ4v) is 3.89. The molecule has 1 aliphatic carbocycles. The van der Waals surface area contributed by atoms with Crippen LogP contribution in [0.5, 0.6) is 0 Å². The fraction of sp³-hybridized carbons (Fsp3) is 0.923. The molecule has 0 aromatic rings. The van der Waals surface area contributed by atoms with Crippen molar-refractivity contribution in [3.8, 4) is 0 Å². The lowest BCUT2D eigenvalue weighted by Gasteiger charge is -2.23. The van der Waals surface area contributed by atoms with E-state index in [1.54, 1.807) is 0 Å². The van der Waals surface area contributed by atoms with Crippen LogP contribution in [0.3, 0.4) is 0 Å². The number of alkyl halides is 4. The van der Waals surface area contributed by atoms with Gasteiger partial charge in [0.1, 0.15) is 0 Å². The van der Waals surface area contributed by atoms with Gasteiger partial charge in [-0.05, 0) is 43.9 Å². The summed E-state index contributed by atoms with van der Waals surface area (Å²) in [5.74, 6) is 0.373. The van der Waals surface area contributed by atoms with Crippen LogP contribution in [0.15, 0.2) is 0 Å². The van der Waals surface area contributed by atoms with E-state index in [1.807, 2.05) is 0 Å². The number of carbonyl (C=O) groups excluding carboxylic acids is 1. The van der Waals surface area contributed by atoms with Gasteiger partial charge in [-0.1, -0.05) is 34.8 Å². The highest BCUT2D eigenvalue weighted by Gasteiger charge is 2.45. The minimum atomic E-state index is -1.32. The van der Waals surface area contributed by atoms with Crippen LogP contribution in [-0.2, 0) is 9.53 Å². The third kappa shape index (κ3) is 6.57. The molecule has 1 N–H and O–H groups in total. The Morgan fingerprint density at radius 3 is 2.45 bits per heavy atom. The molecule has 0 unspecified atom stereocenters. The summed E-state index contributed by atoms with van der Waals surface area (Å²) in [6.07, 6.45) is 2.73. The Labute approximate surface area is 139 Å². The van der Waals surface area contributed by atoms with Crippen molar-refractivity contribution in [2.45, 2.75) is 48.4 Å². The molecule has 0 bridgehead atoms. The first kappa shape index (κ1) is 18.6. The molecule has 1 rings (SSSR count). The van der Waals surface area contributed by atoms with Crippen LogP contribution in [0.1, 0.15) is 39.0 Å². The Kier molecular flexibility index (Phi) is 7.21. The fourth-order valence-electron chi connectivity index (χ4n) is 2.93. The number of esters is 1. The zero-order valence-electron chi connectivity index (χ0n) is 11.4. The van der Waals surface area contributed by atoms with Crippen molar-refractivity contribution in [1.82, 2.24) is 0 Å². The van der Waals surface area contributed by atoms with Gasteiger partial charge in [0.25, 0.3) is 0 Å². The van der Waals surface area contributed by atoms with Gasteiger partial charge < -0.3 is 9.84 Å². The molecule has 1 fully saturated rings. The monoisotopic (exact) mass is 364 g/mol. The van der Waals surface area contributed by atoms with Gasteiger partial charge in [-0.15, -0.1) is 11.6 Å². The van der Waals surface area contributed by atoms with Gasteiger partial charge in [0.05, 0.1) is 12.2 Å². The van der Waals surface area contributed by atoms with E-state index in [2.05, 4.69) is 0 Å². The second-order valence-corrected chi connectivity index (χ2v) is 8.39. The summed E-state index contributed by atoms with van der Waals surface area (Å²) >= 11 is 23.5. The Bertz CT molecular complexity index is 332. The second-order valence-electron chi connectivity index (χ2n) is 5.57. The van der Waals surface area contributed by atoms with E-state index in [0.717, 1.165) is 0 Å². The number of aliphatic hydroxyl groups is 1. The minimum Gasteiger partial charge on any atom is -0.466 e. The minimum absolute atomic E-state index is 0.0960. The zero-order valence-corrected chi connectivity index (χ0v) is 14.4. The Morgan fingerprint density at radius 1 is 1.35 bits per heavy atom. The first-order valence-electron chi connectivity index (χ1n) is 6.64. The Hall–Kier alpha value is 0.590. The summed E-state index contributed by atoms with van der Waals surface area (Å²) in [7, 11) is 0. The number of ether oxygens (including phenoxy) is 1. The van der Waals surface area contributed by atoms with Gasteiger partial charge in [-0.25, -0.2) is 0 Å². The maximum absolute atomic E-state index is 10.7. The molecular formula is C13H20Cl4O3. The van der Waals surface area contributed by atoms with Crippen molar-refractivity contribution in [3.63, 3.8) is 0 Å². The molecule has 0 amide bonds. The molecule has 0 aromatic carbocycles. The molecule has 3 atom stereocenters. The van der Waals surface area contributed by atoms with Gasteiger partial charge >= 0.3 is 5.97 Å². The third-order valence-electron chi connectivity index (χ3n) is 3.73. The van der Waals surface area contributed by atoms with E-state index < -0.39 is 9.39 Å². The number of halogens is 4. The predicted molar refractivity (Wildman–Crippen MR) is 82.7 cm³/mol. The summed E-state index contributed by atoms with van der Waals surface area (Å²) in [6, 6.07) is 0. The van der Waals surface area contributed by atoms with Gasteiger partial charge in [-0.3, -0.25) is 4.79 Å². The highest BCUT2D eigenvalue weighted by Crippen LogP contribution is 2.48. The van der Waals surface area contributed by atoms with Crippen molar-refractivity contribution in [2.75, 3.05) is 12.5 Å². The smallest absolute Gasteiger partial charge is 0.302 e. The third-order valence-corrected chi connectivity index (χ3v) is 4.59. The molecule has 0 saturated heterocycles. The average Bonchev–Trinajstić information content (AvgIpc) is 2.59. The van der Waals surface area contributed by atoms with E-state index >= 15 is 0 Å². The molecule has 118 valence electrons.